The number of hydrogen-bond donors (Lipinski definition) is 0. The molecule has 0 N–H and O–H groups in total. The van der Waals surface area contributed by atoms with Crippen LogP contribution in [0.2, 0.25) is 0 Å². The van der Waals surface area contributed by atoms with Gasteiger partial charge in [0.15, 0.2) is 0 Å². The molecule has 1 aliphatic heterocycles. The van der Waals surface area contributed by atoms with Gasteiger partial charge in [-0.3, -0.25) is 0 Å². The fourth-order valence-corrected chi connectivity index (χ4v) is 3.67. The maximum atomic E-state index is 8.98. The van der Waals surface area contributed by atoms with Crippen LogP contribution in [0.3, 0.4) is 0 Å². The number of para-hydroxylation sites is 1. The highest BCUT2D eigenvalue weighted by atomic mass is 15.1. The highest BCUT2D eigenvalue weighted by Gasteiger charge is 2.20. The first-order valence-corrected chi connectivity index (χ1v) is 8.34. The standard InChI is InChI=1S/C20H21N3/c21-14-19(15-22)17-8-6-16(7-9-17)18-10-12-23(13-11-18)20-4-2-1-3-5-20/h1-5H,6-13H2. The summed E-state index contributed by atoms with van der Waals surface area (Å²) in [6, 6.07) is 14.7. The van der Waals surface area contributed by atoms with E-state index >= 15 is 0 Å². The molecule has 3 heteroatoms. The summed E-state index contributed by atoms with van der Waals surface area (Å²) in [4.78, 5) is 2.46. The van der Waals surface area contributed by atoms with Gasteiger partial charge in [0.25, 0.3) is 0 Å². The summed E-state index contributed by atoms with van der Waals surface area (Å²) in [5.41, 5.74) is 5.91. The van der Waals surface area contributed by atoms with Crippen LogP contribution in [0.15, 0.2) is 52.6 Å². The average molecular weight is 303 g/mol. The van der Waals surface area contributed by atoms with Crippen LogP contribution < -0.4 is 4.90 Å². The predicted octanol–water partition coefficient (Wildman–Crippen LogP) is 4.50. The van der Waals surface area contributed by atoms with Crippen molar-refractivity contribution in [3.8, 4) is 12.1 Å². The highest BCUT2D eigenvalue weighted by Crippen LogP contribution is 2.35. The van der Waals surface area contributed by atoms with Crippen LogP contribution >= 0.6 is 0 Å². The zero-order chi connectivity index (χ0) is 16.1. The highest BCUT2D eigenvalue weighted by molar-refractivity contribution is 5.47. The fourth-order valence-electron chi connectivity index (χ4n) is 3.67. The zero-order valence-corrected chi connectivity index (χ0v) is 13.4. The van der Waals surface area contributed by atoms with Crippen molar-refractivity contribution in [2.75, 3.05) is 18.0 Å². The number of nitrogens with zero attached hydrogens (tertiary/aromatic N) is 3. The van der Waals surface area contributed by atoms with Gasteiger partial charge in [-0.05, 0) is 56.2 Å². The molecule has 0 radical (unpaired) electrons. The van der Waals surface area contributed by atoms with Gasteiger partial charge in [0.05, 0.1) is 0 Å². The van der Waals surface area contributed by atoms with Crippen molar-refractivity contribution in [3.05, 3.63) is 52.6 Å². The topological polar surface area (TPSA) is 50.8 Å². The molecule has 1 saturated heterocycles. The molecule has 0 unspecified atom stereocenters. The van der Waals surface area contributed by atoms with Gasteiger partial charge in [-0.25, -0.2) is 0 Å². The van der Waals surface area contributed by atoms with Gasteiger partial charge in [-0.15, -0.1) is 0 Å². The summed E-state index contributed by atoms with van der Waals surface area (Å²) in [5.74, 6) is 0. The quantitative estimate of drug-likeness (QED) is 0.567. The van der Waals surface area contributed by atoms with Gasteiger partial charge in [-0.2, -0.15) is 10.5 Å². The summed E-state index contributed by atoms with van der Waals surface area (Å²) in [6.45, 7) is 2.18. The molecule has 0 spiro atoms. The van der Waals surface area contributed by atoms with Crippen molar-refractivity contribution in [1.29, 1.82) is 10.5 Å². The SMILES string of the molecule is N#CC(C#N)=C1CCC(=C2CCN(c3ccccc3)CC2)CC1. The Labute approximate surface area is 138 Å². The number of piperidine rings is 1. The number of benzene rings is 1. The van der Waals surface area contributed by atoms with Gasteiger partial charge in [0.1, 0.15) is 17.7 Å². The fraction of sp³-hybridized carbons (Fsp3) is 0.400. The molecule has 0 atom stereocenters. The van der Waals surface area contributed by atoms with Crippen LogP contribution in [0, 0.1) is 22.7 Å². The molecule has 2 fully saturated rings. The lowest BCUT2D eigenvalue weighted by atomic mass is 9.83. The number of hydrogen-bond acceptors (Lipinski definition) is 3. The molecular weight excluding hydrogens is 282 g/mol. The third kappa shape index (κ3) is 3.46. The second-order valence-corrected chi connectivity index (χ2v) is 6.23. The van der Waals surface area contributed by atoms with Crippen LogP contribution in [-0.2, 0) is 0 Å². The van der Waals surface area contributed by atoms with Crippen LogP contribution in [0.4, 0.5) is 5.69 Å². The number of allylic oxidation sites excluding steroid dienone is 3. The molecular formula is C20H21N3. The normalized spacial score (nSPS) is 18.3. The lowest BCUT2D eigenvalue weighted by molar-refractivity contribution is 0.639. The van der Waals surface area contributed by atoms with Crippen molar-refractivity contribution in [3.63, 3.8) is 0 Å². The Morgan fingerprint density at radius 2 is 1.35 bits per heavy atom. The van der Waals surface area contributed by atoms with Crippen molar-refractivity contribution in [2.24, 2.45) is 0 Å². The van der Waals surface area contributed by atoms with Gasteiger partial charge < -0.3 is 4.90 Å². The number of rotatable bonds is 1. The summed E-state index contributed by atoms with van der Waals surface area (Å²) >= 11 is 0. The van der Waals surface area contributed by atoms with Crippen LogP contribution in [0.25, 0.3) is 0 Å². The molecule has 0 amide bonds. The second-order valence-electron chi connectivity index (χ2n) is 6.23. The van der Waals surface area contributed by atoms with Crippen molar-refractivity contribution in [2.45, 2.75) is 38.5 Å². The maximum Gasteiger partial charge on any atom is 0.128 e. The van der Waals surface area contributed by atoms with E-state index in [2.05, 4.69) is 35.2 Å². The van der Waals surface area contributed by atoms with Crippen LogP contribution in [0.1, 0.15) is 38.5 Å². The maximum absolute atomic E-state index is 8.98. The third-order valence-corrected chi connectivity index (χ3v) is 5.02. The molecule has 23 heavy (non-hydrogen) atoms. The molecule has 0 bridgehead atoms. The van der Waals surface area contributed by atoms with E-state index in [1.807, 2.05) is 12.1 Å². The Balaban J connectivity index is 1.63. The summed E-state index contributed by atoms with van der Waals surface area (Å²) in [5, 5.41) is 18.0. The van der Waals surface area contributed by atoms with Crippen molar-refractivity contribution < 1.29 is 0 Å². The van der Waals surface area contributed by atoms with E-state index in [1.54, 1.807) is 11.1 Å². The third-order valence-electron chi connectivity index (χ3n) is 5.02. The molecule has 1 heterocycles. The molecule has 3 rings (SSSR count). The second kappa shape index (κ2) is 7.16. The first kappa shape index (κ1) is 15.4. The summed E-state index contributed by atoms with van der Waals surface area (Å²) in [7, 11) is 0. The summed E-state index contributed by atoms with van der Waals surface area (Å²) in [6.07, 6.45) is 6.13. The monoisotopic (exact) mass is 303 g/mol. The molecule has 2 aliphatic rings. The Hall–Kier alpha value is -2.52. The molecule has 1 aliphatic carbocycles. The molecule has 3 nitrogen and oxygen atoms in total. The van der Waals surface area contributed by atoms with Crippen LogP contribution in [0.5, 0.6) is 0 Å². The Bertz CT molecular complexity index is 675. The van der Waals surface area contributed by atoms with Gasteiger partial charge in [0, 0.05) is 18.8 Å². The molecule has 0 aromatic heterocycles. The van der Waals surface area contributed by atoms with E-state index in [-0.39, 0.29) is 0 Å². The predicted molar refractivity (Wildman–Crippen MR) is 91.6 cm³/mol. The van der Waals surface area contributed by atoms with E-state index in [0.29, 0.717) is 5.57 Å². The minimum absolute atomic E-state index is 0.341. The Morgan fingerprint density at radius 3 is 1.91 bits per heavy atom. The summed E-state index contributed by atoms with van der Waals surface area (Å²) < 4.78 is 0. The largest absolute Gasteiger partial charge is 0.371 e. The average Bonchev–Trinajstić information content (AvgIpc) is 2.64. The molecule has 1 aromatic rings. The van der Waals surface area contributed by atoms with Crippen molar-refractivity contribution in [1.82, 2.24) is 0 Å². The molecule has 1 aromatic carbocycles. The number of nitriles is 2. The number of anilines is 1. The molecule has 116 valence electrons. The van der Waals surface area contributed by atoms with E-state index in [9.17, 15) is 0 Å². The first-order valence-electron chi connectivity index (χ1n) is 8.34. The lowest BCUT2D eigenvalue weighted by Crippen LogP contribution is -2.31. The van der Waals surface area contributed by atoms with Gasteiger partial charge in [0.2, 0.25) is 0 Å². The van der Waals surface area contributed by atoms with Gasteiger partial charge >= 0.3 is 0 Å². The lowest BCUT2D eigenvalue weighted by Gasteiger charge is -2.32. The van der Waals surface area contributed by atoms with Crippen molar-refractivity contribution >= 4 is 5.69 Å². The van der Waals surface area contributed by atoms with E-state index in [4.69, 9.17) is 10.5 Å². The van der Waals surface area contributed by atoms with E-state index in [1.165, 1.54) is 5.69 Å². The van der Waals surface area contributed by atoms with Crippen LogP contribution in [-0.4, -0.2) is 13.1 Å². The Kier molecular flexibility index (Phi) is 4.79. The van der Waals surface area contributed by atoms with Gasteiger partial charge in [-0.1, -0.05) is 29.3 Å². The minimum Gasteiger partial charge on any atom is -0.371 e. The van der Waals surface area contributed by atoms with E-state index in [0.717, 1.165) is 57.2 Å². The zero-order valence-electron chi connectivity index (χ0n) is 13.4. The Morgan fingerprint density at radius 1 is 0.783 bits per heavy atom. The molecule has 1 saturated carbocycles. The first-order chi connectivity index (χ1) is 11.3. The smallest absolute Gasteiger partial charge is 0.128 e. The minimum atomic E-state index is 0.341. The van der Waals surface area contributed by atoms with E-state index < -0.39 is 0 Å².